The van der Waals surface area contributed by atoms with Crippen molar-refractivity contribution >= 4 is 17.4 Å². The monoisotopic (exact) mass is 282 g/mol. The van der Waals surface area contributed by atoms with E-state index in [1.807, 2.05) is 6.92 Å². The van der Waals surface area contributed by atoms with Gasteiger partial charge < -0.3 is 10.2 Å². The smallest absolute Gasteiger partial charge is 0.264 e. The summed E-state index contributed by atoms with van der Waals surface area (Å²) >= 11 is 1.19. The number of amides is 1. The van der Waals surface area contributed by atoms with Crippen molar-refractivity contribution in [3.63, 3.8) is 0 Å². The Balaban J connectivity index is 1.82. The van der Waals surface area contributed by atoms with Gasteiger partial charge in [-0.05, 0) is 50.7 Å². The molecule has 6 heteroatoms. The summed E-state index contributed by atoms with van der Waals surface area (Å²) in [7, 11) is 0. The molecule has 0 radical (unpaired) electrons. The van der Waals surface area contributed by atoms with E-state index in [4.69, 9.17) is 0 Å². The van der Waals surface area contributed by atoms with Crippen molar-refractivity contribution in [2.45, 2.75) is 39.7 Å². The lowest BCUT2D eigenvalue weighted by Crippen LogP contribution is -2.33. The summed E-state index contributed by atoms with van der Waals surface area (Å²) in [5, 5.41) is 7.00. The third-order valence-corrected chi connectivity index (χ3v) is 4.46. The highest BCUT2D eigenvalue weighted by molar-refractivity contribution is 7.08. The second-order valence-corrected chi connectivity index (χ2v) is 6.11. The second-order valence-electron chi connectivity index (χ2n) is 5.36. The molecule has 1 N–H and O–H groups in total. The average Bonchev–Trinajstić information content (AvgIpc) is 3.04. The molecule has 2 heterocycles. The van der Waals surface area contributed by atoms with Crippen LogP contribution < -0.4 is 5.32 Å². The molecule has 1 amide bonds. The van der Waals surface area contributed by atoms with Gasteiger partial charge in [0.05, 0.1) is 5.69 Å². The summed E-state index contributed by atoms with van der Waals surface area (Å²) in [6.07, 6.45) is 1.92. The van der Waals surface area contributed by atoms with Gasteiger partial charge in [0.2, 0.25) is 0 Å². The van der Waals surface area contributed by atoms with Gasteiger partial charge in [0.1, 0.15) is 4.88 Å². The van der Waals surface area contributed by atoms with Crippen LogP contribution in [-0.2, 0) is 6.42 Å². The van der Waals surface area contributed by atoms with Crippen molar-refractivity contribution < 1.29 is 4.79 Å². The van der Waals surface area contributed by atoms with Gasteiger partial charge in [-0.3, -0.25) is 4.79 Å². The number of carbonyl (C=O) groups excluding carboxylic acids is 1. The number of likely N-dealkylation sites (tertiary alicyclic amines) is 1. The molecule has 0 bridgehead atoms. The Morgan fingerprint density at radius 2 is 2.37 bits per heavy atom. The Morgan fingerprint density at radius 3 is 3.00 bits per heavy atom. The minimum atomic E-state index is -0.0187. The first kappa shape index (κ1) is 14.4. The summed E-state index contributed by atoms with van der Waals surface area (Å²) in [6, 6.07) is 0.595. The number of aryl methyl sites for hydroxylation is 1. The van der Waals surface area contributed by atoms with Crippen molar-refractivity contribution in [2.24, 2.45) is 5.92 Å². The number of hydrogen-bond acceptors (Lipinski definition) is 5. The summed E-state index contributed by atoms with van der Waals surface area (Å²) in [5.41, 5.74) is 0.803. The van der Waals surface area contributed by atoms with Crippen LogP contribution in [0.15, 0.2) is 0 Å². The lowest BCUT2D eigenvalue weighted by Gasteiger charge is -2.20. The van der Waals surface area contributed by atoms with Gasteiger partial charge in [0, 0.05) is 19.1 Å². The average molecular weight is 282 g/mol. The second kappa shape index (κ2) is 6.43. The molecular weight excluding hydrogens is 260 g/mol. The summed E-state index contributed by atoms with van der Waals surface area (Å²) in [6.45, 7) is 9.41. The molecule has 0 aromatic carbocycles. The molecule has 19 heavy (non-hydrogen) atoms. The van der Waals surface area contributed by atoms with Crippen molar-refractivity contribution in [3.8, 4) is 0 Å². The van der Waals surface area contributed by atoms with Gasteiger partial charge in [-0.2, -0.15) is 0 Å². The van der Waals surface area contributed by atoms with E-state index in [1.165, 1.54) is 18.0 Å². The van der Waals surface area contributed by atoms with E-state index in [0.29, 0.717) is 16.8 Å². The minimum Gasteiger partial charge on any atom is -0.351 e. The number of carbonyl (C=O) groups is 1. The quantitative estimate of drug-likeness (QED) is 0.890. The van der Waals surface area contributed by atoms with Crippen LogP contribution in [0.3, 0.4) is 0 Å². The third-order valence-electron chi connectivity index (χ3n) is 3.70. The molecule has 1 unspecified atom stereocenters. The molecule has 1 fully saturated rings. The fourth-order valence-electron chi connectivity index (χ4n) is 2.43. The van der Waals surface area contributed by atoms with Gasteiger partial charge in [0.15, 0.2) is 0 Å². The minimum absolute atomic E-state index is 0.0187. The van der Waals surface area contributed by atoms with Gasteiger partial charge in [-0.15, -0.1) is 5.10 Å². The maximum absolute atomic E-state index is 12.1. The van der Waals surface area contributed by atoms with E-state index in [9.17, 15) is 4.79 Å². The Hall–Kier alpha value is -1.01. The van der Waals surface area contributed by atoms with Crippen LogP contribution in [0.1, 0.15) is 42.6 Å². The third kappa shape index (κ3) is 3.51. The Morgan fingerprint density at radius 1 is 1.58 bits per heavy atom. The Kier molecular flexibility index (Phi) is 4.87. The first-order chi connectivity index (χ1) is 9.11. The SMILES string of the molecule is CCc1nnsc1C(=O)NCC1CCN(C(C)C)C1. The predicted octanol–water partition coefficient (Wildman–Crippen LogP) is 1.56. The number of nitrogens with one attached hydrogen (secondary N) is 1. The van der Waals surface area contributed by atoms with Crippen LogP contribution >= 0.6 is 11.5 Å². The maximum atomic E-state index is 12.1. The van der Waals surface area contributed by atoms with Gasteiger partial charge in [-0.25, -0.2) is 0 Å². The van der Waals surface area contributed by atoms with Crippen molar-refractivity contribution in [1.82, 2.24) is 19.8 Å². The first-order valence-corrected chi connectivity index (χ1v) is 7.72. The molecular formula is C13H22N4OS. The van der Waals surface area contributed by atoms with Crippen LogP contribution in [-0.4, -0.2) is 46.1 Å². The van der Waals surface area contributed by atoms with Crippen LogP contribution in [0.5, 0.6) is 0 Å². The maximum Gasteiger partial charge on any atom is 0.264 e. The number of nitrogens with zero attached hydrogens (tertiary/aromatic N) is 3. The largest absolute Gasteiger partial charge is 0.351 e. The molecule has 1 aliphatic rings. The molecule has 2 rings (SSSR count). The highest BCUT2D eigenvalue weighted by Gasteiger charge is 2.25. The zero-order chi connectivity index (χ0) is 13.8. The predicted molar refractivity (Wildman–Crippen MR) is 76.4 cm³/mol. The molecule has 1 aromatic heterocycles. The van der Waals surface area contributed by atoms with Gasteiger partial charge in [0.25, 0.3) is 5.91 Å². The van der Waals surface area contributed by atoms with E-state index < -0.39 is 0 Å². The fourth-order valence-corrected chi connectivity index (χ4v) is 3.09. The van der Waals surface area contributed by atoms with Crippen molar-refractivity contribution in [3.05, 3.63) is 10.6 Å². The molecule has 1 saturated heterocycles. The summed E-state index contributed by atoms with van der Waals surface area (Å²) < 4.78 is 3.85. The van der Waals surface area contributed by atoms with Crippen LogP contribution in [0.2, 0.25) is 0 Å². The highest BCUT2D eigenvalue weighted by atomic mass is 32.1. The molecule has 1 aromatic rings. The zero-order valence-electron chi connectivity index (χ0n) is 11.8. The van der Waals surface area contributed by atoms with Crippen molar-refractivity contribution in [2.75, 3.05) is 19.6 Å². The normalized spacial score (nSPS) is 20.1. The molecule has 0 aliphatic carbocycles. The summed E-state index contributed by atoms with van der Waals surface area (Å²) in [4.78, 5) is 15.2. The number of hydrogen-bond donors (Lipinski definition) is 1. The lowest BCUT2D eigenvalue weighted by molar-refractivity contribution is 0.0950. The van der Waals surface area contributed by atoms with E-state index in [1.54, 1.807) is 0 Å². The lowest BCUT2D eigenvalue weighted by atomic mass is 10.1. The number of rotatable bonds is 5. The first-order valence-electron chi connectivity index (χ1n) is 6.95. The van der Waals surface area contributed by atoms with E-state index in [-0.39, 0.29) is 5.91 Å². The van der Waals surface area contributed by atoms with Gasteiger partial charge in [-0.1, -0.05) is 11.4 Å². The molecule has 1 atom stereocenters. The molecule has 0 saturated carbocycles. The fraction of sp³-hybridized carbons (Fsp3) is 0.769. The van der Waals surface area contributed by atoms with Crippen LogP contribution in [0, 0.1) is 5.92 Å². The Bertz CT molecular complexity index is 432. The number of aromatic nitrogens is 2. The topological polar surface area (TPSA) is 58.1 Å². The van der Waals surface area contributed by atoms with Gasteiger partial charge >= 0.3 is 0 Å². The Labute approximate surface area is 118 Å². The van der Waals surface area contributed by atoms with Crippen LogP contribution in [0.25, 0.3) is 0 Å². The highest BCUT2D eigenvalue weighted by Crippen LogP contribution is 2.18. The zero-order valence-corrected chi connectivity index (χ0v) is 12.7. The molecule has 1 aliphatic heterocycles. The van der Waals surface area contributed by atoms with Crippen molar-refractivity contribution in [1.29, 1.82) is 0 Å². The van der Waals surface area contributed by atoms with E-state index in [0.717, 1.165) is 31.7 Å². The molecule has 106 valence electrons. The van der Waals surface area contributed by atoms with Crippen LogP contribution in [0.4, 0.5) is 0 Å². The van der Waals surface area contributed by atoms with E-state index >= 15 is 0 Å². The standard InChI is InChI=1S/C13H22N4OS/c1-4-11-12(19-16-15-11)13(18)14-7-10-5-6-17(8-10)9(2)3/h9-10H,4-8H2,1-3H3,(H,14,18). The molecule has 5 nitrogen and oxygen atoms in total. The van der Waals surface area contributed by atoms with E-state index in [2.05, 4.69) is 33.7 Å². The molecule has 0 spiro atoms. The summed E-state index contributed by atoms with van der Waals surface area (Å²) in [5.74, 6) is 0.548.